The van der Waals surface area contributed by atoms with Crippen molar-refractivity contribution in [2.45, 2.75) is 6.54 Å². The molecule has 1 aromatic carbocycles. The van der Waals surface area contributed by atoms with E-state index < -0.39 is 0 Å². The summed E-state index contributed by atoms with van der Waals surface area (Å²) in [6.45, 7) is 0.0802. The Bertz CT molecular complexity index is 272. The van der Waals surface area contributed by atoms with E-state index in [9.17, 15) is 4.91 Å². The van der Waals surface area contributed by atoms with E-state index in [2.05, 4.69) is 5.18 Å². The van der Waals surface area contributed by atoms with Gasteiger partial charge in [0.2, 0.25) is 0 Å². The van der Waals surface area contributed by atoms with Crippen LogP contribution >= 0.6 is 0 Å². The zero-order valence-electron chi connectivity index (χ0n) is 5.95. The van der Waals surface area contributed by atoms with Gasteiger partial charge in [-0.3, -0.25) is 0 Å². The standard InChI is InChI=1S/C7H9N3O/c8-6-1-2-7(9)5(3-6)4-10-11/h1-3H,4,8-9H2. The van der Waals surface area contributed by atoms with E-state index in [0.29, 0.717) is 16.9 Å². The third kappa shape index (κ3) is 1.67. The lowest BCUT2D eigenvalue weighted by Crippen LogP contribution is -1.94. The summed E-state index contributed by atoms with van der Waals surface area (Å²) in [6, 6.07) is 5.00. The van der Waals surface area contributed by atoms with E-state index in [4.69, 9.17) is 11.5 Å². The summed E-state index contributed by atoms with van der Waals surface area (Å²) in [6.07, 6.45) is 0. The highest BCUT2D eigenvalue weighted by atomic mass is 16.3. The van der Waals surface area contributed by atoms with E-state index in [1.165, 1.54) is 0 Å². The molecule has 11 heavy (non-hydrogen) atoms. The number of rotatable bonds is 2. The van der Waals surface area contributed by atoms with Gasteiger partial charge in [-0.1, -0.05) is 5.18 Å². The van der Waals surface area contributed by atoms with Crippen molar-refractivity contribution in [1.29, 1.82) is 0 Å². The molecule has 0 heterocycles. The molecule has 0 bridgehead atoms. The predicted molar refractivity (Wildman–Crippen MR) is 44.8 cm³/mol. The fourth-order valence-electron chi connectivity index (χ4n) is 0.832. The smallest absolute Gasteiger partial charge is 0.108 e. The van der Waals surface area contributed by atoms with Crippen molar-refractivity contribution in [2.24, 2.45) is 5.18 Å². The largest absolute Gasteiger partial charge is 0.399 e. The summed E-state index contributed by atoms with van der Waals surface area (Å²) >= 11 is 0. The molecule has 0 fully saturated rings. The third-order valence-corrected chi connectivity index (χ3v) is 1.40. The van der Waals surface area contributed by atoms with Crippen molar-refractivity contribution < 1.29 is 0 Å². The van der Waals surface area contributed by atoms with Gasteiger partial charge in [0.15, 0.2) is 0 Å². The van der Waals surface area contributed by atoms with Crippen LogP contribution in [0.5, 0.6) is 0 Å². The molecule has 0 saturated heterocycles. The number of hydrogen-bond donors (Lipinski definition) is 2. The van der Waals surface area contributed by atoms with Gasteiger partial charge >= 0.3 is 0 Å². The molecule has 0 radical (unpaired) electrons. The first-order valence-electron chi connectivity index (χ1n) is 3.17. The van der Waals surface area contributed by atoms with Crippen molar-refractivity contribution >= 4 is 11.4 Å². The first kappa shape index (κ1) is 7.53. The lowest BCUT2D eigenvalue weighted by atomic mass is 10.1. The van der Waals surface area contributed by atoms with Gasteiger partial charge in [0, 0.05) is 16.9 Å². The Hall–Kier alpha value is -1.58. The van der Waals surface area contributed by atoms with Gasteiger partial charge in [0.05, 0.1) is 0 Å². The van der Waals surface area contributed by atoms with Gasteiger partial charge in [0.1, 0.15) is 6.54 Å². The van der Waals surface area contributed by atoms with E-state index in [1.54, 1.807) is 18.2 Å². The first-order valence-corrected chi connectivity index (χ1v) is 3.17. The minimum Gasteiger partial charge on any atom is -0.399 e. The summed E-state index contributed by atoms with van der Waals surface area (Å²) in [5.74, 6) is 0. The maximum atomic E-state index is 9.89. The van der Waals surface area contributed by atoms with Crippen LogP contribution < -0.4 is 11.5 Å². The fraction of sp³-hybridized carbons (Fsp3) is 0.143. The summed E-state index contributed by atoms with van der Waals surface area (Å²) in [4.78, 5) is 9.89. The third-order valence-electron chi connectivity index (χ3n) is 1.40. The molecule has 1 rings (SSSR count). The normalized spacial score (nSPS) is 9.45. The lowest BCUT2D eigenvalue weighted by Gasteiger charge is -2.00. The van der Waals surface area contributed by atoms with Crippen LogP contribution in [0.25, 0.3) is 0 Å². The molecule has 0 aromatic heterocycles. The summed E-state index contributed by atoms with van der Waals surface area (Å²) in [5.41, 5.74) is 12.8. The highest BCUT2D eigenvalue weighted by Gasteiger charge is 1.98. The van der Waals surface area contributed by atoms with E-state index in [1.807, 2.05) is 0 Å². The second kappa shape index (κ2) is 3.01. The maximum Gasteiger partial charge on any atom is 0.108 e. The van der Waals surface area contributed by atoms with Crippen LogP contribution in [0.15, 0.2) is 23.4 Å². The zero-order valence-corrected chi connectivity index (χ0v) is 5.95. The average molecular weight is 151 g/mol. The number of hydrogen-bond acceptors (Lipinski definition) is 4. The van der Waals surface area contributed by atoms with Crippen LogP contribution in [-0.2, 0) is 6.54 Å². The number of nitrogens with zero attached hydrogens (tertiary/aromatic N) is 1. The molecule has 0 aliphatic rings. The molecule has 4 nitrogen and oxygen atoms in total. The van der Waals surface area contributed by atoms with Crippen molar-refractivity contribution in [3.63, 3.8) is 0 Å². The Morgan fingerprint density at radius 3 is 2.73 bits per heavy atom. The monoisotopic (exact) mass is 151 g/mol. The Kier molecular flexibility index (Phi) is 2.06. The van der Waals surface area contributed by atoms with Crippen LogP contribution in [0.3, 0.4) is 0 Å². The molecule has 0 unspecified atom stereocenters. The quantitative estimate of drug-likeness (QED) is 0.490. The second-order valence-corrected chi connectivity index (χ2v) is 2.25. The number of nitroso groups, excluding NO2 is 1. The molecule has 1 aromatic rings. The molecule has 4 heteroatoms. The Balaban J connectivity index is 3.01. The van der Waals surface area contributed by atoms with E-state index >= 15 is 0 Å². The van der Waals surface area contributed by atoms with Crippen LogP contribution in [0.4, 0.5) is 11.4 Å². The molecule has 4 N–H and O–H groups in total. The van der Waals surface area contributed by atoms with Gasteiger partial charge in [-0.25, -0.2) is 0 Å². The van der Waals surface area contributed by atoms with Gasteiger partial charge in [0.25, 0.3) is 0 Å². The summed E-state index contributed by atoms with van der Waals surface area (Å²) in [5, 5.41) is 2.72. The number of anilines is 2. The zero-order chi connectivity index (χ0) is 8.27. The Morgan fingerprint density at radius 1 is 1.36 bits per heavy atom. The van der Waals surface area contributed by atoms with Crippen molar-refractivity contribution in [3.05, 3.63) is 28.7 Å². The topological polar surface area (TPSA) is 81.5 Å². The molecule has 0 aliphatic carbocycles. The van der Waals surface area contributed by atoms with E-state index in [-0.39, 0.29) is 6.54 Å². The minimum absolute atomic E-state index is 0.0802. The van der Waals surface area contributed by atoms with Crippen LogP contribution in [0.1, 0.15) is 5.56 Å². The van der Waals surface area contributed by atoms with Crippen LogP contribution in [-0.4, -0.2) is 0 Å². The average Bonchev–Trinajstić information content (AvgIpc) is 1.98. The molecule has 58 valence electrons. The SMILES string of the molecule is Nc1ccc(N)c(CN=O)c1. The van der Waals surface area contributed by atoms with Crippen molar-refractivity contribution in [1.82, 2.24) is 0 Å². The second-order valence-electron chi connectivity index (χ2n) is 2.25. The highest BCUT2D eigenvalue weighted by Crippen LogP contribution is 2.15. The number of nitrogen functional groups attached to an aromatic ring is 2. The van der Waals surface area contributed by atoms with Gasteiger partial charge in [-0.15, -0.1) is 0 Å². The fourth-order valence-corrected chi connectivity index (χ4v) is 0.832. The Labute approximate surface area is 64.2 Å². The van der Waals surface area contributed by atoms with Gasteiger partial charge < -0.3 is 11.5 Å². The van der Waals surface area contributed by atoms with Crippen LogP contribution in [0, 0.1) is 4.91 Å². The number of nitrogens with two attached hydrogens (primary N) is 2. The molecular formula is C7H9N3O. The summed E-state index contributed by atoms with van der Waals surface area (Å²) in [7, 11) is 0. The molecule has 0 aliphatic heterocycles. The molecule has 0 atom stereocenters. The summed E-state index contributed by atoms with van der Waals surface area (Å²) < 4.78 is 0. The van der Waals surface area contributed by atoms with E-state index in [0.717, 1.165) is 0 Å². The first-order chi connectivity index (χ1) is 5.24. The van der Waals surface area contributed by atoms with Crippen molar-refractivity contribution in [3.8, 4) is 0 Å². The van der Waals surface area contributed by atoms with Crippen LogP contribution in [0.2, 0.25) is 0 Å². The molecule has 0 amide bonds. The number of benzene rings is 1. The Morgan fingerprint density at radius 2 is 2.09 bits per heavy atom. The molecule has 0 spiro atoms. The molecule has 0 saturated carbocycles. The highest BCUT2D eigenvalue weighted by molar-refractivity contribution is 5.55. The van der Waals surface area contributed by atoms with Gasteiger partial charge in [-0.05, 0) is 18.2 Å². The van der Waals surface area contributed by atoms with Gasteiger partial charge in [-0.2, -0.15) is 4.91 Å². The maximum absolute atomic E-state index is 9.89. The minimum atomic E-state index is 0.0802. The van der Waals surface area contributed by atoms with Crippen molar-refractivity contribution in [2.75, 3.05) is 11.5 Å². The molecular weight excluding hydrogens is 142 g/mol. The predicted octanol–water partition coefficient (Wildman–Crippen LogP) is 1.12. The lowest BCUT2D eigenvalue weighted by molar-refractivity contribution is 1.06.